The van der Waals surface area contributed by atoms with E-state index in [0.717, 1.165) is 16.4 Å². The van der Waals surface area contributed by atoms with Crippen LogP contribution in [0.15, 0.2) is 33.8 Å². The number of nitrogens with two attached hydrogens (primary N) is 1. The van der Waals surface area contributed by atoms with Crippen LogP contribution < -0.4 is 20.8 Å². The van der Waals surface area contributed by atoms with Crippen molar-refractivity contribution >= 4 is 29.2 Å². The summed E-state index contributed by atoms with van der Waals surface area (Å²) < 4.78 is 18.6. The fourth-order valence-electron chi connectivity index (χ4n) is 2.58. The highest BCUT2D eigenvalue weighted by Crippen LogP contribution is 2.36. The van der Waals surface area contributed by atoms with Crippen molar-refractivity contribution < 1.29 is 23.5 Å². The lowest BCUT2D eigenvalue weighted by atomic mass is 10.0. The normalized spacial score (nSPS) is 10.3. The van der Waals surface area contributed by atoms with Crippen LogP contribution in [0.4, 0.5) is 15.9 Å². The molecule has 0 radical (unpaired) electrons. The number of halogens is 1. The zero-order chi connectivity index (χ0) is 21.8. The van der Waals surface area contributed by atoms with Gasteiger partial charge < -0.3 is 20.7 Å². The number of nitrogens with zero attached hydrogens (tertiary/aromatic N) is 5. The fourth-order valence-corrected chi connectivity index (χ4v) is 3.38. The van der Waals surface area contributed by atoms with Crippen LogP contribution in [0.5, 0.6) is 5.95 Å². The number of carbonyl (C=O) groups is 1. The van der Waals surface area contributed by atoms with E-state index in [1.54, 1.807) is 0 Å². The maximum Gasteiger partial charge on any atom is 0.266 e. The number of thioether (sulfide) groups is 1. The summed E-state index contributed by atoms with van der Waals surface area (Å²) in [5.41, 5.74) is 5.74. The van der Waals surface area contributed by atoms with Gasteiger partial charge in [0.25, 0.3) is 5.69 Å². The zero-order valence-corrected chi connectivity index (χ0v) is 16.2. The van der Waals surface area contributed by atoms with Crippen molar-refractivity contribution in [1.82, 2.24) is 10.3 Å². The van der Waals surface area contributed by atoms with Gasteiger partial charge in [-0.1, -0.05) is 16.4 Å². The average Bonchev–Trinajstić information content (AvgIpc) is 3.05. The van der Waals surface area contributed by atoms with E-state index in [1.807, 2.05) is 12.1 Å². The van der Waals surface area contributed by atoms with Crippen LogP contribution in [0, 0.1) is 28.5 Å². The van der Waals surface area contributed by atoms with E-state index in [1.165, 1.54) is 31.3 Å². The molecule has 12 heteroatoms. The summed E-state index contributed by atoms with van der Waals surface area (Å²) >= 11 is 0.887. The van der Waals surface area contributed by atoms with E-state index >= 15 is 0 Å². The standard InChI is InChI=1S/C18H12FN7O3S/c1-26-15(18(28)29-25-26)14-11(6-20)16(22)24-17(12(14)7-21)30-8-13(27)23-10-4-2-9(19)3-5-10/h2-5H,8H2,1H3,(H3-,22,23,24,25,27,28). The lowest BCUT2D eigenvalue weighted by molar-refractivity contribution is -0.730. The Labute approximate surface area is 173 Å². The molecule has 3 rings (SSSR count). The number of nitrogen functional groups attached to an aromatic ring is 1. The molecule has 0 spiro atoms. The van der Waals surface area contributed by atoms with Crippen molar-refractivity contribution in [2.75, 3.05) is 16.8 Å². The number of rotatable bonds is 5. The fraction of sp³-hybridized carbons (Fsp3) is 0.111. The van der Waals surface area contributed by atoms with Gasteiger partial charge in [-0.2, -0.15) is 10.5 Å². The number of hydrogen-bond acceptors (Lipinski definition) is 9. The molecule has 1 aromatic carbocycles. The predicted octanol–water partition coefficient (Wildman–Crippen LogP) is 0.830. The molecule has 1 amide bonds. The Kier molecular flexibility index (Phi) is 5.80. The van der Waals surface area contributed by atoms with E-state index < -0.39 is 17.7 Å². The number of carbonyl (C=O) groups excluding carboxylic acids is 1. The van der Waals surface area contributed by atoms with Gasteiger partial charge in [0.05, 0.1) is 22.2 Å². The maximum absolute atomic E-state index is 13.0. The van der Waals surface area contributed by atoms with Gasteiger partial charge in [-0.05, 0) is 24.3 Å². The summed E-state index contributed by atoms with van der Waals surface area (Å²) in [6.45, 7) is 0. The number of nitriles is 2. The SMILES string of the molecule is C[n+]1noc([O-])c1-c1c(C#N)c(N)nc(SCC(=O)Nc2ccc(F)cc2)c1C#N. The Balaban J connectivity index is 1.94. The molecule has 3 N–H and O–H groups in total. The second kappa shape index (κ2) is 8.46. The second-order valence-corrected chi connectivity index (χ2v) is 6.79. The molecule has 10 nitrogen and oxygen atoms in total. The van der Waals surface area contributed by atoms with Gasteiger partial charge >= 0.3 is 0 Å². The van der Waals surface area contributed by atoms with Gasteiger partial charge in [-0.15, -0.1) is 0 Å². The summed E-state index contributed by atoms with van der Waals surface area (Å²) in [4.78, 5) is 16.2. The third kappa shape index (κ3) is 3.99. The molecule has 0 aliphatic carbocycles. The topological polar surface area (TPSA) is 169 Å². The molecule has 2 heterocycles. The molecule has 0 aliphatic rings. The largest absolute Gasteiger partial charge is 0.539 e. The van der Waals surface area contributed by atoms with Crippen molar-refractivity contribution in [3.8, 4) is 29.3 Å². The summed E-state index contributed by atoms with van der Waals surface area (Å²) in [6.07, 6.45) is 0. The van der Waals surface area contributed by atoms with Crippen LogP contribution in [0.25, 0.3) is 11.3 Å². The van der Waals surface area contributed by atoms with Crippen molar-refractivity contribution in [3.05, 3.63) is 41.2 Å². The Bertz CT molecular complexity index is 1190. The predicted molar refractivity (Wildman–Crippen MR) is 100.0 cm³/mol. The third-order valence-corrected chi connectivity index (χ3v) is 4.86. The number of pyridine rings is 1. The molecule has 0 aliphatic heterocycles. The van der Waals surface area contributed by atoms with Gasteiger partial charge in [-0.25, -0.2) is 9.37 Å². The summed E-state index contributed by atoms with van der Waals surface area (Å²) in [5.74, 6) is -2.12. The van der Waals surface area contributed by atoms with Crippen LogP contribution >= 0.6 is 11.8 Å². The van der Waals surface area contributed by atoms with Crippen LogP contribution in [0.2, 0.25) is 0 Å². The molecule has 0 fully saturated rings. The molecule has 0 bridgehead atoms. The first-order valence-corrected chi connectivity index (χ1v) is 9.19. The number of benzene rings is 1. The molecule has 150 valence electrons. The van der Waals surface area contributed by atoms with E-state index in [2.05, 4.69) is 20.1 Å². The summed E-state index contributed by atoms with van der Waals surface area (Å²) in [7, 11) is 1.40. The smallest absolute Gasteiger partial charge is 0.266 e. The van der Waals surface area contributed by atoms with E-state index in [9.17, 15) is 24.8 Å². The lowest BCUT2D eigenvalue weighted by Gasteiger charge is -2.11. The van der Waals surface area contributed by atoms with Gasteiger partial charge in [0.15, 0.2) is 13.0 Å². The minimum absolute atomic E-state index is 0.0545. The van der Waals surface area contributed by atoms with Crippen LogP contribution in [-0.4, -0.2) is 21.9 Å². The third-order valence-electron chi connectivity index (χ3n) is 3.88. The first kappa shape index (κ1) is 20.6. The highest BCUT2D eigenvalue weighted by molar-refractivity contribution is 8.00. The molecule has 3 aromatic rings. The van der Waals surface area contributed by atoms with Gasteiger partial charge in [0.2, 0.25) is 5.91 Å². The average molecular weight is 425 g/mol. The molecular weight excluding hydrogens is 413 g/mol. The number of anilines is 2. The Morgan fingerprint density at radius 1 is 1.33 bits per heavy atom. The number of aromatic nitrogens is 3. The van der Waals surface area contributed by atoms with Gasteiger partial charge in [0.1, 0.15) is 34.4 Å². The van der Waals surface area contributed by atoms with E-state index in [0.29, 0.717) is 5.69 Å². The van der Waals surface area contributed by atoms with Crippen LogP contribution in [0.1, 0.15) is 11.1 Å². The quantitative estimate of drug-likeness (QED) is 0.444. The Morgan fingerprint density at radius 3 is 2.57 bits per heavy atom. The minimum atomic E-state index is -0.860. The van der Waals surface area contributed by atoms with Crippen LogP contribution in [-0.2, 0) is 11.8 Å². The molecular formula is C18H12FN7O3S. The molecule has 0 saturated heterocycles. The number of aryl methyl sites for hydroxylation is 1. The molecule has 0 atom stereocenters. The minimum Gasteiger partial charge on any atom is -0.539 e. The summed E-state index contributed by atoms with van der Waals surface area (Å²) in [6, 6.07) is 8.93. The number of amides is 1. The highest BCUT2D eigenvalue weighted by atomic mass is 32.2. The van der Waals surface area contributed by atoms with Crippen molar-refractivity contribution in [1.29, 1.82) is 10.5 Å². The van der Waals surface area contributed by atoms with Gasteiger partial charge in [0, 0.05) is 5.69 Å². The van der Waals surface area contributed by atoms with Crippen molar-refractivity contribution in [3.63, 3.8) is 0 Å². The van der Waals surface area contributed by atoms with Gasteiger partial charge in [-0.3, -0.25) is 4.79 Å². The zero-order valence-electron chi connectivity index (χ0n) is 15.3. The van der Waals surface area contributed by atoms with Crippen molar-refractivity contribution in [2.45, 2.75) is 5.03 Å². The summed E-state index contributed by atoms with van der Waals surface area (Å²) in [5, 5.41) is 37.3. The van der Waals surface area contributed by atoms with Crippen LogP contribution in [0.3, 0.4) is 0 Å². The first-order chi connectivity index (χ1) is 14.3. The number of nitrogens with one attached hydrogen (secondary N) is 1. The molecule has 2 aromatic heterocycles. The first-order valence-electron chi connectivity index (χ1n) is 8.21. The second-order valence-electron chi connectivity index (χ2n) is 5.83. The highest BCUT2D eigenvalue weighted by Gasteiger charge is 2.29. The Hall–Kier alpha value is -4.16. The monoisotopic (exact) mass is 425 g/mol. The lowest BCUT2D eigenvalue weighted by Crippen LogP contribution is -2.32. The molecule has 0 unspecified atom stereocenters. The molecule has 0 saturated carbocycles. The van der Waals surface area contributed by atoms with Crippen molar-refractivity contribution in [2.24, 2.45) is 7.05 Å². The van der Waals surface area contributed by atoms with E-state index in [4.69, 9.17) is 5.73 Å². The molecule has 30 heavy (non-hydrogen) atoms. The van der Waals surface area contributed by atoms with E-state index in [-0.39, 0.29) is 39.0 Å². The maximum atomic E-state index is 13.0. The Morgan fingerprint density at radius 2 is 2.00 bits per heavy atom. The number of hydrogen-bond donors (Lipinski definition) is 2.